The zero-order valence-electron chi connectivity index (χ0n) is 12.6. The van der Waals surface area contributed by atoms with E-state index in [0.29, 0.717) is 30.4 Å². The van der Waals surface area contributed by atoms with Gasteiger partial charge in [0, 0.05) is 6.42 Å². The highest BCUT2D eigenvalue weighted by Gasteiger charge is 2.15. The lowest BCUT2D eigenvalue weighted by molar-refractivity contribution is -0.117. The minimum atomic E-state index is -0.278. The Labute approximate surface area is 121 Å². The second-order valence-corrected chi connectivity index (χ2v) is 5.54. The van der Waals surface area contributed by atoms with E-state index >= 15 is 0 Å². The molecular weight excluding hydrogens is 252 g/mol. The average molecular weight is 276 g/mol. The fraction of sp³-hybridized carbons (Fsp3) is 0.529. The third-order valence-electron chi connectivity index (χ3n) is 3.54. The van der Waals surface area contributed by atoms with E-state index in [4.69, 9.17) is 4.74 Å². The van der Waals surface area contributed by atoms with Gasteiger partial charge in [-0.3, -0.25) is 0 Å². The van der Waals surface area contributed by atoms with Crippen LogP contribution in [0.1, 0.15) is 50.4 Å². The van der Waals surface area contributed by atoms with E-state index in [1.165, 1.54) is 0 Å². The number of esters is 1. The molecule has 0 aliphatic carbocycles. The Hall–Kier alpha value is -1.64. The van der Waals surface area contributed by atoms with Gasteiger partial charge in [-0.05, 0) is 43.7 Å². The number of carbonyl (C=O) groups is 2. The van der Waals surface area contributed by atoms with E-state index < -0.39 is 0 Å². The van der Waals surface area contributed by atoms with Crippen LogP contribution in [0.15, 0.2) is 30.3 Å². The zero-order valence-corrected chi connectivity index (χ0v) is 12.6. The summed E-state index contributed by atoms with van der Waals surface area (Å²) in [6.45, 7) is 6.31. The fourth-order valence-corrected chi connectivity index (χ4v) is 2.16. The number of ether oxygens (including phenoxy) is 1. The maximum Gasteiger partial charge on any atom is 0.338 e. The molecule has 0 bridgehead atoms. The molecule has 1 atom stereocenters. The summed E-state index contributed by atoms with van der Waals surface area (Å²) < 4.78 is 5.29. The van der Waals surface area contributed by atoms with Crippen LogP contribution in [0, 0.1) is 11.8 Å². The minimum Gasteiger partial charge on any atom is -0.462 e. The maximum absolute atomic E-state index is 11.8. The molecule has 3 nitrogen and oxygen atoms in total. The first-order chi connectivity index (χ1) is 9.50. The van der Waals surface area contributed by atoms with Crippen molar-refractivity contribution in [2.45, 2.75) is 40.0 Å². The normalized spacial score (nSPS) is 12.2. The van der Waals surface area contributed by atoms with E-state index in [1.54, 1.807) is 19.1 Å². The summed E-state index contributed by atoms with van der Waals surface area (Å²) in [4.78, 5) is 22.8. The maximum atomic E-state index is 11.8. The van der Waals surface area contributed by atoms with Gasteiger partial charge in [-0.1, -0.05) is 32.0 Å². The molecule has 0 heterocycles. The molecule has 0 aliphatic rings. The second kappa shape index (κ2) is 8.51. The summed E-state index contributed by atoms with van der Waals surface area (Å²) in [5.74, 6) is 0.851. The van der Waals surface area contributed by atoms with Crippen molar-refractivity contribution in [3.05, 3.63) is 35.9 Å². The Morgan fingerprint density at radius 3 is 2.30 bits per heavy atom. The number of hydrogen-bond donors (Lipinski definition) is 0. The number of ketones is 1. The number of hydrogen-bond acceptors (Lipinski definition) is 3. The molecular formula is C17H24O3. The summed E-state index contributed by atoms with van der Waals surface area (Å²) in [6.07, 6.45) is 2.29. The summed E-state index contributed by atoms with van der Waals surface area (Å²) in [6, 6.07) is 9.00. The third kappa shape index (κ3) is 6.00. The largest absolute Gasteiger partial charge is 0.462 e. The van der Waals surface area contributed by atoms with Gasteiger partial charge in [0.25, 0.3) is 0 Å². The van der Waals surface area contributed by atoms with Crippen molar-refractivity contribution in [1.29, 1.82) is 0 Å². The van der Waals surface area contributed by atoms with Crippen molar-refractivity contribution in [1.82, 2.24) is 0 Å². The SMILES string of the molecule is CC(=O)CCC(CCOC(=O)c1ccccc1)C(C)C. The van der Waals surface area contributed by atoms with Crippen LogP contribution in [-0.4, -0.2) is 18.4 Å². The first-order valence-electron chi connectivity index (χ1n) is 7.22. The molecule has 0 spiro atoms. The molecule has 0 radical (unpaired) electrons. The lowest BCUT2D eigenvalue weighted by atomic mass is 9.88. The predicted molar refractivity (Wildman–Crippen MR) is 79.6 cm³/mol. The molecule has 0 aromatic heterocycles. The monoisotopic (exact) mass is 276 g/mol. The number of rotatable bonds is 8. The van der Waals surface area contributed by atoms with Crippen LogP contribution >= 0.6 is 0 Å². The smallest absolute Gasteiger partial charge is 0.338 e. The Bertz CT molecular complexity index is 423. The van der Waals surface area contributed by atoms with Crippen LogP contribution in [0.3, 0.4) is 0 Å². The van der Waals surface area contributed by atoms with Gasteiger partial charge in [-0.2, -0.15) is 0 Å². The van der Waals surface area contributed by atoms with Gasteiger partial charge in [0.05, 0.1) is 12.2 Å². The van der Waals surface area contributed by atoms with Crippen molar-refractivity contribution in [3.8, 4) is 0 Å². The van der Waals surface area contributed by atoms with Gasteiger partial charge in [0.2, 0.25) is 0 Å². The first-order valence-corrected chi connectivity index (χ1v) is 7.22. The fourth-order valence-electron chi connectivity index (χ4n) is 2.16. The van der Waals surface area contributed by atoms with Crippen molar-refractivity contribution < 1.29 is 14.3 Å². The lowest BCUT2D eigenvalue weighted by Gasteiger charge is -2.20. The molecule has 1 rings (SSSR count). The van der Waals surface area contributed by atoms with Gasteiger partial charge in [0.1, 0.15) is 5.78 Å². The number of carbonyl (C=O) groups excluding carboxylic acids is 2. The molecule has 1 unspecified atom stereocenters. The van der Waals surface area contributed by atoms with Crippen molar-refractivity contribution >= 4 is 11.8 Å². The summed E-state index contributed by atoms with van der Waals surface area (Å²) in [5, 5.41) is 0. The summed E-state index contributed by atoms with van der Waals surface area (Å²) in [5.41, 5.74) is 0.581. The number of benzene rings is 1. The highest BCUT2D eigenvalue weighted by Crippen LogP contribution is 2.21. The molecule has 1 aromatic carbocycles. The van der Waals surface area contributed by atoms with Crippen LogP contribution in [0.2, 0.25) is 0 Å². The Kier molecular flexibility index (Phi) is 6.99. The van der Waals surface area contributed by atoms with E-state index in [9.17, 15) is 9.59 Å². The average Bonchev–Trinajstić information content (AvgIpc) is 2.42. The van der Waals surface area contributed by atoms with Gasteiger partial charge in [0.15, 0.2) is 0 Å². The first kappa shape index (κ1) is 16.4. The highest BCUT2D eigenvalue weighted by atomic mass is 16.5. The number of Topliss-reactive ketones (excluding diaryl/α,β-unsaturated/α-hetero) is 1. The minimum absolute atomic E-state index is 0.219. The Morgan fingerprint density at radius 1 is 1.10 bits per heavy atom. The molecule has 0 N–H and O–H groups in total. The molecule has 1 aromatic rings. The van der Waals surface area contributed by atoms with Gasteiger partial charge < -0.3 is 9.53 Å². The quantitative estimate of drug-likeness (QED) is 0.677. The third-order valence-corrected chi connectivity index (χ3v) is 3.54. The molecule has 0 saturated carbocycles. The van der Waals surface area contributed by atoms with Crippen LogP contribution in [0.5, 0.6) is 0 Å². The zero-order chi connectivity index (χ0) is 15.0. The Balaban J connectivity index is 2.37. The van der Waals surface area contributed by atoms with Crippen molar-refractivity contribution in [3.63, 3.8) is 0 Å². The van der Waals surface area contributed by atoms with Gasteiger partial charge in [-0.15, -0.1) is 0 Å². The summed E-state index contributed by atoms with van der Waals surface area (Å²) in [7, 11) is 0. The Morgan fingerprint density at radius 2 is 1.75 bits per heavy atom. The molecule has 0 fully saturated rings. The predicted octanol–water partition coefficient (Wildman–Crippen LogP) is 3.87. The molecule has 0 aliphatic heterocycles. The van der Waals surface area contributed by atoms with Crippen LogP contribution < -0.4 is 0 Å². The van der Waals surface area contributed by atoms with Crippen LogP contribution in [-0.2, 0) is 9.53 Å². The lowest BCUT2D eigenvalue weighted by Crippen LogP contribution is -2.15. The topological polar surface area (TPSA) is 43.4 Å². The van der Waals surface area contributed by atoms with Crippen LogP contribution in [0.25, 0.3) is 0 Å². The standard InChI is InChI=1S/C17H24O3/c1-13(2)15(10-9-14(3)18)11-12-20-17(19)16-7-5-4-6-8-16/h4-8,13,15H,9-12H2,1-3H3. The van der Waals surface area contributed by atoms with E-state index in [-0.39, 0.29) is 11.8 Å². The van der Waals surface area contributed by atoms with Crippen molar-refractivity contribution in [2.24, 2.45) is 11.8 Å². The second-order valence-electron chi connectivity index (χ2n) is 5.54. The van der Waals surface area contributed by atoms with Crippen LogP contribution in [0.4, 0.5) is 0 Å². The molecule has 0 saturated heterocycles. The van der Waals surface area contributed by atoms with E-state index in [0.717, 1.165) is 12.8 Å². The van der Waals surface area contributed by atoms with Gasteiger partial charge in [-0.25, -0.2) is 4.79 Å². The van der Waals surface area contributed by atoms with E-state index in [2.05, 4.69) is 13.8 Å². The molecule has 0 amide bonds. The van der Waals surface area contributed by atoms with Crippen molar-refractivity contribution in [2.75, 3.05) is 6.61 Å². The molecule has 20 heavy (non-hydrogen) atoms. The summed E-state index contributed by atoms with van der Waals surface area (Å²) >= 11 is 0. The van der Waals surface area contributed by atoms with E-state index in [1.807, 2.05) is 18.2 Å². The molecule has 110 valence electrons. The molecule has 3 heteroatoms. The van der Waals surface area contributed by atoms with Gasteiger partial charge >= 0.3 is 5.97 Å². The highest BCUT2D eigenvalue weighted by molar-refractivity contribution is 5.89.